The van der Waals surface area contributed by atoms with Gasteiger partial charge in [-0.05, 0) is 83.0 Å². The lowest BCUT2D eigenvalue weighted by molar-refractivity contribution is -0.136. The van der Waals surface area contributed by atoms with Gasteiger partial charge < -0.3 is 9.84 Å². The van der Waals surface area contributed by atoms with Crippen molar-refractivity contribution in [2.24, 2.45) is 0 Å². The number of carboxylic acid groups (broad SMARTS) is 1. The molecule has 4 rings (SSSR count). The Morgan fingerprint density at radius 1 is 1.14 bits per heavy atom. The van der Waals surface area contributed by atoms with E-state index in [4.69, 9.17) is 4.74 Å². The molecule has 0 aliphatic carbocycles. The zero-order valence-electron chi connectivity index (χ0n) is 20.2. The molecule has 1 fully saturated rings. The molecule has 1 unspecified atom stereocenters. The van der Waals surface area contributed by atoms with Crippen molar-refractivity contribution in [1.29, 1.82) is 0 Å². The van der Waals surface area contributed by atoms with Gasteiger partial charge in [0.2, 0.25) is 10.0 Å². The number of halogens is 1. The van der Waals surface area contributed by atoms with Crippen molar-refractivity contribution in [1.82, 2.24) is 14.1 Å². The lowest BCUT2D eigenvalue weighted by Crippen LogP contribution is -2.50. The largest absolute Gasteiger partial charge is 0.491 e. The maximum absolute atomic E-state index is 14.1. The van der Waals surface area contributed by atoms with Crippen molar-refractivity contribution in [3.63, 3.8) is 0 Å². The highest BCUT2D eigenvalue weighted by molar-refractivity contribution is 7.89. The maximum atomic E-state index is 14.1. The van der Waals surface area contributed by atoms with Gasteiger partial charge in [0.05, 0.1) is 34.7 Å². The Hall–Kier alpha value is -2.98. The van der Waals surface area contributed by atoms with Crippen LogP contribution >= 0.6 is 0 Å². The molecular formula is C25H30FN3O5S. The van der Waals surface area contributed by atoms with E-state index < -0.39 is 21.8 Å². The molecule has 1 aliphatic heterocycles. The summed E-state index contributed by atoms with van der Waals surface area (Å²) in [5.74, 6) is -0.853. The molecule has 2 aromatic carbocycles. The summed E-state index contributed by atoms with van der Waals surface area (Å²) < 4.78 is 49.9. The maximum Gasteiger partial charge on any atom is 0.309 e. The van der Waals surface area contributed by atoms with Gasteiger partial charge in [-0.25, -0.2) is 12.8 Å². The summed E-state index contributed by atoms with van der Waals surface area (Å²) in [6.07, 6.45) is 0.624. The van der Waals surface area contributed by atoms with E-state index in [9.17, 15) is 22.7 Å². The lowest BCUT2D eigenvalue weighted by atomic mass is 9.95. The van der Waals surface area contributed by atoms with Gasteiger partial charge in [-0.1, -0.05) is 0 Å². The average Bonchev–Trinajstić information content (AvgIpc) is 3.09. The minimum absolute atomic E-state index is 0.0144. The summed E-state index contributed by atoms with van der Waals surface area (Å²) in [6, 6.07) is 9.71. The number of rotatable bonds is 7. The summed E-state index contributed by atoms with van der Waals surface area (Å²) >= 11 is 0. The number of benzene rings is 2. The highest BCUT2D eigenvalue weighted by atomic mass is 32.2. The average molecular weight is 504 g/mol. The van der Waals surface area contributed by atoms with E-state index in [-0.39, 0.29) is 35.5 Å². The number of piperidine rings is 1. The quantitative estimate of drug-likeness (QED) is 0.513. The third-order valence-corrected chi connectivity index (χ3v) is 8.42. The number of aromatic nitrogens is 2. The predicted octanol–water partition coefficient (Wildman–Crippen LogP) is 4.39. The van der Waals surface area contributed by atoms with Crippen LogP contribution in [0.3, 0.4) is 0 Å². The Bertz CT molecular complexity index is 1330. The van der Waals surface area contributed by atoms with Gasteiger partial charge in [-0.2, -0.15) is 9.40 Å². The van der Waals surface area contributed by atoms with Gasteiger partial charge in [0.1, 0.15) is 11.6 Å². The molecule has 8 nitrogen and oxygen atoms in total. The molecule has 3 atom stereocenters. The summed E-state index contributed by atoms with van der Waals surface area (Å²) in [6.45, 7) is 7.50. The Balaban J connectivity index is 1.62. The number of ether oxygens (including phenoxy) is 1. The molecule has 2 heterocycles. The van der Waals surface area contributed by atoms with Crippen LogP contribution < -0.4 is 4.74 Å². The standard InChI is InChI=1S/C25H30FN3O5S/c1-15(2)34-20-6-8-21(9-7-20)35(32,33)29-16(3)11-19(12-17(29)4)28-24-13-18(26)5-10-22(24)23(27-28)14-25(30)31/h5-10,13,15-17,19H,11-12,14H2,1-4H3,(H,30,31)/t16-,17+,19?. The van der Waals surface area contributed by atoms with Crippen molar-refractivity contribution >= 4 is 26.9 Å². The monoisotopic (exact) mass is 503 g/mol. The van der Waals surface area contributed by atoms with Crippen molar-refractivity contribution in [3.8, 4) is 5.75 Å². The van der Waals surface area contributed by atoms with Crippen LogP contribution in [0.2, 0.25) is 0 Å². The van der Waals surface area contributed by atoms with Crippen molar-refractivity contribution in [2.75, 3.05) is 0 Å². The number of hydrogen-bond donors (Lipinski definition) is 1. The molecular weight excluding hydrogens is 473 g/mol. The van der Waals surface area contributed by atoms with Crippen molar-refractivity contribution < 1.29 is 27.4 Å². The zero-order chi connectivity index (χ0) is 25.5. The van der Waals surface area contributed by atoms with Gasteiger partial charge in [0, 0.05) is 17.5 Å². The predicted molar refractivity (Wildman–Crippen MR) is 129 cm³/mol. The van der Waals surface area contributed by atoms with Crippen LogP contribution in [0.5, 0.6) is 5.75 Å². The molecule has 1 aliphatic rings. The van der Waals surface area contributed by atoms with Crippen LogP contribution in [0.15, 0.2) is 47.4 Å². The number of hydrogen-bond acceptors (Lipinski definition) is 5. The molecule has 0 amide bonds. The molecule has 1 saturated heterocycles. The number of fused-ring (bicyclic) bond motifs is 1. The lowest BCUT2D eigenvalue weighted by Gasteiger charge is -2.41. The zero-order valence-corrected chi connectivity index (χ0v) is 21.0. The van der Waals surface area contributed by atoms with E-state index in [0.717, 1.165) is 0 Å². The number of sulfonamides is 1. The molecule has 0 spiro atoms. The van der Waals surface area contributed by atoms with E-state index in [1.54, 1.807) is 35.0 Å². The van der Waals surface area contributed by atoms with Gasteiger partial charge >= 0.3 is 5.97 Å². The highest BCUT2D eigenvalue weighted by Crippen LogP contribution is 2.37. The summed E-state index contributed by atoms with van der Waals surface area (Å²) in [5.41, 5.74) is 0.884. The first-order valence-corrected chi connectivity index (χ1v) is 13.1. The first-order chi connectivity index (χ1) is 16.5. The van der Waals surface area contributed by atoms with Crippen molar-refractivity contribution in [3.05, 3.63) is 54.0 Å². The van der Waals surface area contributed by atoms with E-state index in [2.05, 4.69) is 5.10 Å². The number of carboxylic acids is 1. The molecule has 35 heavy (non-hydrogen) atoms. The Labute approximate surface area is 204 Å². The second-order valence-corrected chi connectivity index (χ2v) is 11.3. The molecule has 0 bridgehead atoms. The molecule has 0 saturated carbocycles. The molecule has 10 heteroatoms. The molecule has 1 N–H and O–H groups in total. The molecule has 0 radical (unpaired) electrons. The minimum Gasteiger partial charge on any atom is -0.491 e. The van der Waals surface area contributed by atoms with Crippen LogP contribution in [-0.2, 0) is 21.2 Å². The molecule has 188 valence electrons. The molecule has 1 aromatic heterocycles. The number of nitrogens with zero attached hydrogens (tertiary/aromatic N) is 3. The Morgan fingerprint density at radius 2 is 1.77 bits per heavy atom. The van der Waals surface area contributed by atoms with E-state index in [0.29, 0.717) is 35.2 Å². The van der Waals surface area contributed by atoms with Gasteiger partial charge in [-0.15, -0.1) is 0 Å². The van der Waals surface area contributed by atoms with E-state index in [1.165, 1.54) is 16.4 Å². The fourth-order valence-electron chi connectivity index (χ4n) is 5.01. The topological polar surface area (TPSA) is 102 Å². The summed E-state index contributed by atoms with van der Waals surface area (Å²) in [7, 11) is -3.76. The summed E-state index contributed by atoms with van der Waals surface area (Å²) in [5, 5.41) is 14.4. The normalized spacial score (nSPS) is 21.5. The van der Waals surface area contributed by atoms with Crippen LogP contribution in [0.4, 0.5) is 4.39 Å². The first-order valence-electron chi connectivity index (χ1n) is 11.7. The fraction of sp³-hybridized carbons (Fsp3) is 0.440. The second-order valence-electron chi connectivity index (χ2n) is 9.42. The second kappa shape index (κ2) is 9.58. The molecule has 3 aromatic rings. The number of carbonyl (C=O) groups is 1. The van der Waals surface area contributed by atoms with Crippen LogP contribution in [0.25, 0.3) is 10.9 Å². The van der Waals surface area contributed by atoms with Crippen LogP contribution in [0, 0.1) is 5.82 Å². The van der Waals surface area contributed by atoms with Gasteiger partial charge in [-0.3, -0.25) is 9.48 Å². The first kappa shape index (κ1) is 25.1. The summed E-state index contributed by atoms with van der Waals surface area (Å²) in [4.78, 5) is 11.5. The SMILES string of the molecule is CC(C)Oc1ccc(S(=O)(=O)N2[C@H](C)CC(n3nc(CC(=O)O)c4ccc(F)cc43)C[C@@H]2C)cc1. The fourth-order valence-corrected chi connectivity index (χ4v) is 6.85. The van der Waals surface area contributed by atoms with Crippen LogP contribution in [0.1, 0.15) is 52.3 Å². The van der Waals surface area contributed by atoms with E-state index in [1.807, 2.05) is 27.7 Å². The Kier molecular flexibility index (Phi) is 6.88. The van der Waals surface area contributed by atoms with E-state index >= 15 is 0 Å². The Morgan fingerprint density at radius 3 is 2.34 bits per heavy atom. The van der Waals surface area contributed by atoms with Crippen LogP contribution in [-0.4, -0.2) is 51.8 Å². The highest BCUT2D eigenvalue weighted by Gasteiger charge is 2.40. The minimum atomic E-state index is -3.76. The van der Waals surface area contributed by atoms with Gasteiger partial charge in [0.25, 0.3) is 0 Å². The van der Waals surface area contributed by atoms with Crippen molar-refractivity contribution in [2.45, 2.75) is 76.1 Å². The van der Waals surface area contributed by atoms with Gasteiger partial charge in [0.15, 0.2) is 0 Å². The third-order valence-electron chi connectivity index (χ3n) is 6.28. The third kappa shape index (κ3) is 5.04. The number of aliphatic carboxylic acids is 1. The smallest absolute Gasteiger partial charge is 0.309 e.